The van der Waals surface area contributed by atoms with E-state index in [1.54, 1.807) is 18.3 Å². The number of amidine groups is 1. The van der Waals surface area contributed by atoms with Gasteiger partial charge in [-0.2, -0.15) is 0 Å². The minimum Gasteiger partial charge on any atom is -0.499 e. The maximum atomic E-state index is 7.21. The first kappa shape index (κ1) is 17.5. The van der Waals surface area contributed by atoms with Gasteiger partial charge in [-0.15, -0.1) is 0 Å². The van der Waals surface area contributed by atoms with Gasteiger partial charge in [-0.05, 0) is 17.1 Å². The molecule has 0 saturated carbocycles. The number of hydrogen-bond acceptors (Lipinski definition) is 4. The summed E-state index contributed by atoms with van der Waals surface area (Å²) in [5, 5.41) is 7.21. The second-order valence-corrected chi connectivity index (χ2v) is 4.05. The molecule has 0 fully saturated rings. The van der Waals surface area contributed by atoms with Gasteiger partial charge in [0.2, 0.25) is 0 Å². The van der Waals surface area contributed by atoms with Gasteiger partial charge >= 0.3 is 5.82 Å². The van der Waals surface area contributed by atoms with Crippen molar-refractivity contribution in [1.82, 2.24) is 4.98 Å². The SMILES string of the molecule is C=CC(=N)N=C/C=C\OCCOCC[n+]1cccnc1C=C. The molecule has 1 rings (SSSR count). The molecule has 0 aliphatic carbocycles. The van der Waals surface area contributed by atoms with E-state index in [2.05, 4.69) is 23.1 Å². The van der Waals surface area contributed by atoms with Crippen molar-refractivity contribution in [3.8, 4) is 0 Å². The second-order valence-electron chi connectivity index (χ2n) is 4.05. The van der Waals surface area contributed by atoms with E-state index in [9.17, 15) is 0 Å². The summed E-state index contributed by atoms with van der Waals surface area (Å²) in [6.45, 7) is 9.38. The maximum Gasteiger partial charge on any atom is 0.322 e. The van der Waals surface area contributed by atoms with E-state index in [1.807, 2.05) is 16.8 Å². The molecule has 0 amide bonds. The van der Waals surface area contributed by atoms with E-state index < -0.39 is 0 Å². The van der Waals surface area contributed by atoms with Crippen molar-refractivity contribution in [2.45, 2.75) is 6.54 Å². The number of aromatic nitrogens is 2. The Hall–Kier alpha value is -2.60. The van der Waals surface area contributed by atoms with Gasteiger partial charge in [-0.25, -0.2) is 9.56 Å². The van der Waals surface area contributed by atoms with E-state index >= 15 is 0 Å². The zero-order chi connectivity index (χ0) is 16.0. The number of rotatable bonds is 10. The molecule has 22 heavy (non-hydrogen) atoms. The molecule has 0 aliphatic rings. The summed E-state index contributed by atoms with van der Waals surface area (Å²) < 4.78 is 12.7. The van der Waals surface area contributed by atoms with Gasteiger partial charge < -0.3 is 9.47 Å². The standard InChI is InChI=1S/C16H21N4O2/c1-3-15(17)18-8-6-11-21-13-14-22-12-10-20-9-5-7-19-16(20)4-2/h3-9,11,17H,1-2,10,12-14H2/q+1/b11-6-,17-15?,18-8?. The van der Waals surface area contributed by atoms with Crippen molar-refractivity contribution in [2.75, 3.05) is 19.8 Å². The van der Waals surface area contributed by atoms with Crippen LogP contribution in [0.15, 0.2) is 55.0 Å². The number of aliphatic imine (C=N–C) groups is 1. The normalized spacial score (nSPS) is 10.9. The Morgan fingerprint density at radius 3 is 3.00 bits per heavy atom. The fourth-order valence-corrected chi connectivity index (χ4v) is 1.48. The molecule has 0 aromatic carbocycles. The molecule has 0 aliphatic heterocycles. The van der Waals surface area contributed by atoms with E-state index in [-0.39, 0.29) is 5.84 Å². The molecular formula is C16H21N4O2+. The van der Waals surface area contributed by atoms with Crippen LogP contribution >= 0.6 is 0 Å². The molecule has 0 atom stereocenters. The number of nitrogens with one attached hydrogen (secondary N) is 1. The molecule has 0 radical (unpaired) electrons. The molecule has 6 heteroatoms. The Morgan fingerprint density at radius 2 is 2.23 bits per heavy atom. The smallest absolute Gasteiger partial charge is 0.322 e. The Bertz CT molecular complexity index is 553. The van der Waals surface area contributed by atoms with Crippen LogP contribution in [0.4, 0.5) is 0 Å². The first-order chi connectivity index (χ1) is 10.8. The van der Waals surface area contributed by atoms with Crippen LogP contribution in [0.2, 0.25) is 0 Å². The first-order valence-corrected chi connectivity index (χ1v) is 6.84. The Kier molecular flexibility index (Phi) is 8.81. The zero-order valence-electron chi connectivity index (χ0n) is 12.5. The highest BCUT2D eigenvalue weighted by molar-refractivity contribution is 5.97. The van der Waals surface area contributed by atoms with Gasteiger partial charge in [0.1, 0.15) is 25.2 Å². The first-order valence-electron chi connectivity index (χ1n) is 6.84. The highest BCUT2D eigenvalue weighted by atomic mass is 16.5. The van der Waals surface area contributed by atoms with Crippen molar-refractivity contribution < 1.29 is 14.0 Å². The van der Waals surface area contributed by atoms with E-state index in [0.29, 0.717) is 26.4 Å². The van der Waals surface area contributed by atoms with Gasteiger partial charge in [0.15, 0.2) is 0 Å². The van der Waals surface area contributed by atoms with Crippen LogP contribution in [0.3, 0.4) is 0 Å². The molecule has 1 heterocycles. The fourth-order valence-electron chi connectivity index (χ4n) is 1.48. The summed E-state index contributed by atoms with van der Waals surface area (Å²) in [5.74, 6) is 0.925. The van der Waals surface area contributed by atoms with Gasteiger partial charge in [0, 0.05) is 18.4 Å². The fraction of sp³-hybridized carbons (Fsp3) is 0.250. The predicted molar refractivity (Wildman–Crippen MR) is 86.8 cm³/mol. The highest BCUT2D eigenvalue weighted by Crippen LogP contribution is 1.88. The summed E-state index contributed by atoms with van der Waals surface area (Å²) in [7, 11) is 0. The third-order valence-electron chi connectivity index (χ3n) is 2.53. The molecule has 116 valence electrons. The van der Waals surface area contributed by atoms with Crippen LogP contribution in [0.1, 0.15) is 5.82 Å². The quantitative estimate of drug-likeness (QED) is 0.235. The summed E-state index contributed by atoms with van der Waals surface area (Å²) in [6, 6.07) is 1.87. The molecular weight excluding hydrogens is 280 g/mol. The highest BCUT2D eigenvalue weighted by Gasteiger charge is 2.05. The summed E-state index contributed by atoms with van der Waals surface area (Å²) in [4.78, 5) is 7.96. The lowest BCUT2D eigenvalue weighted by Gasteiger charge is -2.04. The third kappa shape index (κ3) is 7.25. The van der Waals surface area contributed by atoms with Crippen LogP contribution in [-0.2, 0) is 16.0 Å². The molecule has 1 aromatic heterocycles. The molecule has 1 N–H and O–H groups in total. The Labute approximate surface area is 130 Å². The topological polar surface area (TPSA) is 71.4 Å². The van der Waals surface area contributed by atoms with Crippen molar-refractivity contribution in [2.24, 2.45) is 4.99 Å². The summed E-state index contributed by atoms with van der Waals surface area (Å²) in [6.07, 6.45) is 11.3. The zero-order valence-corrected chi connectivity index (χ0v) is 12.5. The monoisotopic (exact) mass is 301 g/mol. The minimum absolute atomic E-state index is 0.111. The Morgan fingerprint density at radius 1 is 1.36 bits per heavy atom. The van der Waals surface area contributed by atoms with Gasteiger partial charge in [0.05, 0.1) is 25.7 Å². The second kappa shape index (κ2) is 11.1. The van der Waals surface area contributed by atoms with E-state index in [4.69, 9.17) is 14.9 Å². The summed E-state index contributed by atoms with van der Waals surface area (Å²) in [5.41, 5.74) is 0. The molecule has 1 aromatic rings. The lowest BCUT2D eigenvalue weighted by molar-refractivity contribution is -0.703. The van der Waals surface area contributed by atoms with Gasteiger partial charge in [-0.1, -0.05) is 13.2 Å². The lowest BCUT2D eigenvalue weighted by Crippen LogP contribution is -2.39. The lowest BCUT2D eigenvalue weighted by atomic mass is 10.5. The average molecular weight is 301 g/mol. The number of nitrogens with zero attached hydrogens (tertiary/aromatic N) is 3. The van der Waals surface area contributed by atoms with E-state index in [0.717, 1.165) is 5.82 Å². The van der Waals surface area contributed by atoms with Crippen LogP contribution < -0.4 is 4.57 Å². The van der Waals surface area contributed by atoms with E-state index in [1.165, 1.54) is 18.6 Å². The maximum absolute atomic E-state index is 7.21. The molecule has 0 unspecified atom stereocenters. The minimum atomic E-state index is 0.111. The average Bonchev–Trinajstić information content (AvgIpc) is 2.56. The largest absolute Gasteiger partial charge is 0.499 e. The molecule has 6 nitrogen and oxygen atoms in total. The van der Waals surface area contributed by atoms with Crippen LogP contribution in [-0.4, -0.2) is 36.9 Å². The van der Waals surface area contributed by atoms with Gasteiger partial charge in [0.25, 0.3) is 0 Å². The van der Waals surface area contributed by atoms with Crippen molar-refractivity contribution in [3.05, 3.63) is 55.9 Å². The Balaban J connectivity index is 2.10. The number of ether oxygens (including phenoxy) is 2. The predicted octanol–water partition coefficient (Wildman–Crippen LogP) is 1.79. The van der Waals surface area contributed by atoms with Crippen molar-refractivity contribution in [3.63, 3.8) is 0 Å². The van der Waals surface area contributed by atoms with Gasteiger partial charge in [-0.3, -0.25) is 5.41 Å². The third-order valence-corrected chi connectivity index (χ3v) is 2.53. The van der Waals surface area contributed by atoms with Crippen molar-refractivity contribution in [1.29, 1.82) is 5.41 Å². The number of hydrogen-bond donors (Lipinski definition) is 1. The van der Waals surface area contributed by atoms with Crippen LogP contribution in [0.5, 0.6) is 0 Å². The molecule has 0 spiro atoms. The molecule has 0 saturated heterocycles. The number of allylic oxidation sites excluding steroid dienone is 1. The van der Waals surface area contributed by atoms with Crippen molar-refractivity contribution >= 4 is 18.1 Å². The van der Waals surface area contributed by atoms with Crippen LogP contribution in [0.25, 0.3) is 6.08 Å². The van der Waals surface area contributed by atoms with Crippen LogP contribution in [0, 0.1) is 5.41 Å². The summed E-state index contributed by atoms with van der Waals surface area (Å²) >= 11 is 0. The molecule has 0 bridgehead atoms.